The molecule has 2 aromatic carbocycles. The molecule has 0 saturated heterocycles. The van der Waals surface area contributed by atoms with Gasteiger partial charge in [-0.2, -0.15) is 0 Å². The van der Waals surface area contributed by atoms with E-state index >= 15 is 0 Å². The minimum atomic E-state index is -3.72. The lowest BCUT2D eigenvalue weighted by Gasteiger charge is -2.20. The van der Waals surface area contributed by atoms with Gasteiger partial charge in [0.05, 0.1) is 17.5 Å². The highest BCUT2D eigenvalue weighted by atomic mass is 32.2. The third-order valence-corrected chi connectivity index (χ3v) is 5.53. The number of carbonyl (C=O) groups is 1. The Morgan fingerprint density at radius 3 is 2.04 bits per heavy atom. The van der Waals surface area contributed by atoms with E-state index in [2.05, 4.69) is 43.4 Å². The van der Waals surface area contributed by atoms with Crippen molar-refractivity contribution in [1.82, 2.24) is 10.2 Å². The molecule has 0 bridgehead atoms. The summed E-state index contributed by atoms with van der Waals surface area (Å²) < 4.78 is 22.6. The number of hydrogen-bond acceptors (Lipinski definition) is 4. The second-order valence-corrected chi connectivity index (χ2v) is 9.03. The molecule has 0 heterocycles. The summed E-state index contributed by atoms with van der Waals surface area (Å²) in [4.78, 5) is 14.3. The number of nitrogens with one attached hydrogen (secondary N) is 1. The normalized spacial score (nSPS) is 13.0. The van der Waals surface area contributed by atoms with E-state index in [9.17, 15) is 13.2 Å². The number of hydrogen-bond donors (Lipinski definition) is 2. The summed E-state index contributed by atoms with van der Waals surface area (Å²) in [5.74, 6) is 0.405. The van der Waals surface area contributed by atoms with E-state index in [1.165, 1.54) is 17.7 Å². The maximum Gasteiger partial charge on any atom is 0.238 e. The van der Waals surface area contributed by atoms with Crippen LogP contribution in [0.4, 0.5) is 0 Å². The molecule has 2 rings (SSSR count). The number of nitrogens with zero attached hydrogens (tertiary/aromatic N) is 1. The Hall–Kier alpha value is -2.22. The molecular formula is C21H29N3O3S. The Kier molecular flexibility index (Phi) is 7.35. The van der Waals surface area contributed by atoms with Gasteiger partial charge in [0.25, 0.3) is 0 Å². The van der Waals surface area contributed by atoms with Gasteiger partial charge in [-0.3, -0.25) is 9.69 Å². The van der Waals surface area contributed by atoms with Crippen molar-refractivity contribution in [2.24, 2.45) is 5.14 Å². The van der Waals surface area contributed by atoms with E-state index < -0.39 is 10.0 Å². The quantitative estimate of drug-likeness (QED) is 0.709. The second kappa shape index (κ2) is 9.32. The van der Waals surface area contributed by atoms with Crippen molar-refractivity contribution in [3.63, 3.8) is 0 Å². The smallest absolute Gasteiger partial charge is 0.238 e. The van der Waals surface area contributed by atoms with Crippen LogP contribution in [0.2, 0.25) is 0 Å². The van der Waals surface area contributed by atoms with E-state index in [-0.39, 0.29) is 23.4 Å². The highest BCUT2D eigenvalue weighted by Gasteiger charge is 2.14. The molecule has 0 aliphatic heterocycles. The highest BCUT2D eigenvalue weighted by Crippen LogP contribution is 2.16. The van der Waals surface area contributed by atoms with Gasteiger partial charge in [-0.1, -0.05) is 50.2 Å². The van der Waals surface area contributed by atoms with Crippen LogP contribution in [0.15, 0.2) is 53.4 Å². The summed E-state index contributed by atoms with van der Waals surface area (Å²) in [6.45, 7) is 7.13. The first-order valence-corrected chi connectivity index (χ1v) is 10.8. The minimum absolute atomic E-state index is 0.0537. The average Bonchev–Trinajstić information content (AvgIpc) is 2.61. The molecule has 0 unspecified atom stereocenters. The summed E-state index contributed by atoms with van der Waals surface area (Å²) in [7, 11) is -1.81. The number of sulfonamides is 1. The van der Waals surface area contributed by atoms with Crippen molar-refractivity contribution >= 4 is 15.9 Å². The molecule has 7 heteroatoms. The van der Waals surface area contributed by atoms with Crippen LogP contribution in [0, 0.1) is 0 Å². The number of benzene rings is 2. The Morgan fingerprint density at radius 1 is 1.00 bits per heavy atom. The third kappa shape index (κ3) is 6.44. The lowest BCUT2D eigenvalue weighted by atomic mass is 10.0. The Bertz CT molecular complexity index is 891. The maximum absolute atomic E-state index is 12.3. The van der Waals surface area contributed by atoms with Crippen LogP contribution >= 0.6 is 0 Å². The van der Waals surface area contributed by atoms with Gasteiger partial charge in [0.15, 0.2) is 0 Å². The molecule has 0 saturated carbocycles. The molecule has 0 aliphatic rings. The number of likely N-dealkylation sites (N-methyl/N-ethyl adjacent to an activating group) is 1. The van der Waals surface area contributed by atoms with Gasteiger partial charge in [0, 0.05) is 6.54 Å². The van der Waals surface area contributed by atoms with Crippen molar-refractivity contribution in [3.05, 3.63) is 65.2 Å². The largest absolute Gasteiger partial charge is 0.348 e. The van der Waals surface area contributed by atoms with Crippen molar-refractivity contribution < 1.29 is 13.2 Å². The molecule has 6 nitrogen and oxygen atoms in total. The maximum atomic E-state index is 12.3. The standard InChI is InChI=1S/C21H29N3O3S/c1-15(2)18-7-5-17(6-8-18)13-24(4)14-21(25)23-16(3)19-9-11-20(12-10-19)28(22,26)27/h5-12,15-16H,13-14H2,1-4H3,(H,23,25)(H2,22,26,27)/t16-/m0/s1. The summed E-state index contributed by atoms with van der Waals surface area (Å²) in [6, 6.07) is 14.4. The van der Waals surface area contributed by atoms with Gasteiger partial charge < -0.3 is 5.32 Å². The molecule has 152 valence electrons. The summed E-state index contributed by atoms with van der Waals surface area (Å²) >= 11 is 0. The lowest BCUT2D eigenvalue weighted by Crippen LogP contribution is -2.36. The molecule has 0 radical (unpaired) electrons. The molecule has 0 aromatic heterocycles. The van der Waals surface area contributed by atoms with Gasteiger partial charge in [0.1, 0.15) is 0 Å². The first-order chi connectivity index (χ1) is 13.1. The fourth-order valence-electron chi connectivity index (χ4n) is 2.94. The number of carbonyl (C=O) groups excluding carboxylic acids is 1. The van der Waals surface area contributed by atoms with E-state index in [4.69, 9.17) is 5.14 Å². The molecule has 28 heavy (non-hydrogen) atoms. The zero-order chi connectivity index (χ0) is 20.9. The number of nitrogens with two attached hydrogens (primary N) is 1. The van der Waals surface area contributed by atoms with E-state index in [0.29, 0.717) is 12.5 Å². The monoisotopic (exact) mass is 403 g/mol. The van der Waals surface area contributed by atoms with Crippen molar-refractivity contribution in [2.75, 3.05) is 13.6 Å². The molecule has 3 N–H and O–H groups in total. The van der Waals surface area contributed by atoms with E-state index in [1.807, 2.05) is 18.9 Å². The molecule has 0 aliphatic carbocycles. The fraction of sp³-hybridized carbons (Fsp3) is 0.381. The molecule has 1 atom stereocenters. The molecule has 2 aromatic rings. The number of rotatable bonds is 8. The second-order valence-electron chi connectivity index (χ2n) is 7.47. The van der Waals surface area contributed by atoms with Gasteiger partial charge in [-0.25, -0.2) is 13.6 Å². The molecular weight excluding hydrogens is 374 g/mol. The summed E-state index contributed by atoms with van der Waals surface area (Å²) in [6.07, 6.45) is 0. The van der Waals surface area contributed by atoms with Gasteiger partial charge in [-0.05, 0) is 48.7 Å². The predicted molar refractivity (Wildman–Crippen MR) is 111 cm³/mol. The van der Waals surface area contributed by atoms with Gasteiger partial charge in [0.2, 0.25) is 15.9 Å². The topological polar surface area (TPSA) is 92.5 Å². The van der Waals surface area contributed by atoms with Gasteiger partial charge in [-0.15, -0.1) is 0 Å². The van der Waals surface area contributed by atoms with E-state index in [0.717, 1.165) is 11.1 Å². The SMILES string of the molecule is CC(C)c1ccc(CN(C)CC(=O)N[C@@H](C)c2ccc(S(N)(=O)=O)cc2)cc1. The van der Waals surface area contributed by atoms with Crippen LogP contribution in [0.5, 0.6) is 0 Å². The minimum Gasteiger partial charge on any atom is -0.348 e. The van der Waals surface area contributed by atoms with Crippen LogP contribution < -0.4 is 10.5 Å². The van der Waals surface area contributed by atoms with Crippen LogP contribution in [-0.4, -0.2) is 32.8 Å². The van der Waals surface area contributed by atoms with Crippen LogP contribution in [0.25, 0.3) is 0 Å². The van der Waals surface area contributed by atoms with Gasteiger partial charge >= 0.3 is 0 Å². The van der Waals surface area contributed by atoms with Crippen LogP contribution in [0.1, 0.15) is 49.4 Å². The molecule has 1 amide bonds. The Labute approximate surface area is 167 Å². The molecule has 0 fully saturated rings. The number of amides is 1. The van der Waals surface area contributed by atoms with Crippen LogP contribution in [-0.2, 0) is 21.4 Å². The lowest BCUT2D eigenvalue weighted by molar-refractivity contribution is -0.122. The zero-order valence-corrected chi connectivity index (χ0v) is 17.7. The number of primary sulfonamides is 1. The first-order valence-electron chi connectivity index (χ1n) is 9.25. The highest BCUT2D eigenvalue weighted by molar-refractivity contribution is 7.89. The van der Waals surface area contributed by atoms with E-state index in [1.54, 1.807) is 12.1 Å². The molecule has 0 spiro atoms. The first kappa shape index (κ1) is 22.1. The summed E-state index contributed by atoms with van der Waals surface area (Å²) in [5, 5.41) is 8.04. The van der Waals surface area contributed by atoms with Crippen molar-refractivity contribution in [3.8, 4) is 0 Å². The van der Waals surface area contributed by atoms with Crippen molar-refractivity contribution in [1.29, 1.82) is 0 Å². The predicted octanol–water partition coefficient (Wildman–Crippen LogP) is 2.77. The Morgan fingerprint density at radius 2 is 1.54 bits per heavy atom. The zero-order valence-electron chi connectivity index (χ0n) is 16.8. The Balaban J connectivity index is 1.88. The van der Waals surface area contributed by atoms with Crippen molar-refractivity contribution in [2.45, 2.75) is 44.2 Å². The fourth-order valence-corrected chi connectivity index (χ4v) is 3.45. The average molecular weight is 404 g/mol. The third-order valence-electron chi connectivity index (χ3n) is 4.60. The van der Waals surface area contributed by atoms with Crippen LogP contribution in [0.3, 0.4) is 0 Å². The summed E-state index contributed by atoms with van der Waals surface area (Å²) in [5.41, 5.74) is 3.27.